The van der Waals surface area contributed by atoms with Crippen LogP contribution in [-0.4, -0.2) is 92.1 Å². The summed E-state index contributed by atoms with van der Waals surface area (Å²) in [7, 11) is 0. The summed E-state index contributed by atoms with van der Waals surface area (Å²) in [6, 6.07) is 10.8. The highest BCUT2D eigenvalue weighted by Crippen LogP contribution is 2.53. The van der Waals surface area contributed by atoms with E-state index in [0.29, 0.717) is 0 Å². The summed E-state index contributed by atoms with van der Waals surface area (Å²) in [6.07, 6.45) is 86.0. The number of hydrogen-bond donors (Lipinski definition) is 0. The van der Waals surface area contributed by atoms with Crippen LogP contribution in [0.1, 0.15) is 373 Å². The van der Waals surface area contributed by atoms with Crippen molar-refractivity contribution in [3.63, 3.8) is 0 Å². The Morgan fingerprint density at radius 1 is 0.151 bits per heavy atom. The molecule has 4 heteroatoms. The van der Waals surface area contributed by atoms with Gasteiger partial charge in [-0.15, -0.1) is 0 Å². The first kappa shape index (κ1) is 63.2. The molecule has 0 heterocycles. The summed E-state index contributed by atoms with van der Waals surface area (Å²) >= 11 is 0. The fourth-order valence-corrected chi connectivity index (χ4v) is 27.3. The van der Waals surface area contributed by atoms with Crippen molar-refractivity contribution in [1.82, 2.24) is 19.6 Å². The second-order valence-electron chi connectivity index (χ2n) is 36.0. The first-order valence-electron chi connectivity index (χ1n) is 41.5. The van der Waals surface area contributed by atoms with E-state index in [1.807, 2.05) is 0 Å². The predicted octanol–water partition coefficient (Wildman–Crippen LogP) is 22.1. The number of nitrogens with zero attached hydrogens (tertiary/aromatic N) is 4. The summed E-state index contributed by atoms with van der Waals surface area (Å²) in [5.41, 5.74) is 0. The van der Waals surface area contributed by atoms with Gasteiger partial charge in [0.05, 0.1) is 0 Å². The van der Waals surface area contributed by atoms with Gasteiger partial charge in [-0.1, -0.05) is 142 Å². The topological polar surface area (TPSA) is 13.0 Å². The largest absolute Gasteiger partial charge is 0.294 e. The number of rotatable bonds is 15. The molecule has 0 N–H and O–H groups in total. The van der Waals surface area contributed by atoms with Crippen molar-refractivity contribution >= 4 is 0 Å². The first-order valence-corrected chi connectivity index (χ1v) is 41.5. The Balaban J connectivity index is 0.557. The molecule has 14 aliphatic carbocycles. The van der Waals surface area contributed by atoms with Gasteiger partial charge in [0.15, 0.2) is 0 Å². The Bertz CT molecular complexity index is 1820. The molecule has 0 aromatic rings. The molecule has 14 aliphatic rings. The fraction of sp³-hybridized carbons (Fsp3) is 1.00. The third-order valence-corrected chi connectivity index (χ3v) is 31.6. The van der Waals surface area contributed by atoms with Crippen LogP contribution in [0.15, 0.2) is 0 Å². The highest BCUT2D eigenvalue weighted by atomic mass is 15.2. The molecule has 0 aliphatic heterocycles. The highest BCUT2D eigenvalue weighted by Gasteiger charge is 2.49. The van der Waals surface area contributed by atoms with Crippen LogP contribution < -0.4 is 0 Å². The maximum Gasteiger partial charge on any atom is 0.0127 e. The molecule has 0 bridgehead atoms. The standard InChI is InChI=1S/C82H142N4/c1-59-55-69(41-53-81(59)85(73-27-11-5-12-28-73)77-47-35-65(36-48-77)63-31-43-75(44-32-63)83(71-23-7-3-8-24-71)79-51-39-61-19-15-17-21-67(61)57-79)70-42-54-82(60(2)56-70)86(74-29-13-6-14-30-74)78-49-37-66(38-50-78)64-33-45-76(46-34-64)84(72-25-9-4-10-26-72)80-52-40-62-20-16-18-22-68(62)58-80/h59-82H,3-58H2,1-2H3. The van der Waals surface area contributed by atoms with E-state index >= 15 is 0 Å². The summed E-state index contributed by atoms with van der Waals surface area (Å²) in [5, 5.41) is 0. The van der Waals surface area contributed by atoms with Gasteiger partial charge in [0.25, 0.3) is 0 Å². The molecule has 86 heavy (non-hydrogen) atoms. The van der Waals surface area contributed by atoms with E-state index in [1.165, 1.54) is 193 Å². The smallest absolute Gasteiger partial charge is 0.0127 e. The zero-order chi connectivity index (χ0) is 57.8. The first-order chi connectivity index (χ1) is 42.5. The van der Waals surface area contributed by atoms with Crippen LogP contribution in [0.25, 0.3) is 0 Å². The van der Waals surface area contributed by atoms with Crippen LogP contribution in [0.4, 0.5) is 0 Å². The summed E-state index contributed by atoms with van der Waals surface area (Å²) in [5.74, 6) is 12.2. The van der Waals surface area contributed by atoms with E-state index < -0.39 is 0 Å². The Hall–Kier alpha value is -0.160. The van der Waals surface area contributed by atoms with Gasteiger partial charge < -0.3 is 0 Å². The second-order valence-corrected chi connectivity index (χ2v) is 36.0. The lowest BCUT2D eigenvalue weighted by atomic mass is 9.65. The molecular weight excluding hydrogens is 1040 g/mol. The lowest BCUT2D eigenvalue weighted by molar-refractivity contribution is -0.0429. The van der Waals surface area contributed by atoms with E-state index in [2.05, 4.69) is 33.4 Å². The fourth-order valence-electron chi connectivity index (χ4n) is 27.3. The minimum atomic E-state index is 0.865. The third-order valence-electron chi connectivity index (χ3n) is 31.6. The van der Waals surface area contributed by atoms with Crippen LogP contribution in [0, 0.1) is 71.0 Å². The SMILES string of the molecule is CC1CC(C2CCC(N(C3CCCCC3)C3CCC(C4CCC(N(C5CCCCC5)C5CCC6CCCCC6C5)CC4)CC3)C(C)C2)CCC1N(C1CCCCC1)C1CCC(C2CCC(N(C3CCCCC3)C3CCC4CCCCC4C3)CC2)CC1. The molecule has 0 radical (unpaired) electrons. The maximum absolute atomic E-state index is 3.37. The molecule has 14 fully saturated rings. The van der Waals surface area contributed by atoms with Crippen molar-refractivity contribution in [3.05, 3.63) is 0 Å². The second kappa shape index (κ2) is 30.5. The van der Waals surface area contributed by atoms with Crippen LogP contribution in [0.3, 0.4) is 0 Å². The molecular formula is C82H142N4. The van der Waals surface area contributed by atoms with Gasteiger partial charge in [-0.05, 0) is 302 Å². The molecule has 14 rings (SSSR count). The van der Waals surface area contributed by atoms with Crippen LogP contribution in [0.2, 0.25) is 0 Å². The van der Waals surface area contributed by atoms with Crippen molar-refractivity contribution in [1.29, 1.82) is 0 Å². The highest BCUT2D eigenvalue weighted by molar-refractivity contribution is 5.02. The zero-order valence-corrected chi connectivity index (χ0v) is 57.2. The van der Waals surface area contributed by atoms with Crippen molar-refractivity contribution in [2.45, 2.75) is 446 Å². The van der Waals surface area contributed by atoms with Crippen molar-refractivity contribution in [2.24, 2.45) is 71.0 Å². The molecule has 0 spiro atoms. The Morgan fingerprint density at radius 2 is 0.349 bits per heavy atom. The minimum absolute atomic E-state index is 0.865. The van der Waals surface area contributed by atoms with E-state index in [4.69, 9.17) is 0 Å². The van der Waals surface area contributed by atoms with Crippen LogP contribution >= 0.6 is 0 Å². The minimum Gasteiger partial charge on any atom is -0.294 e. The van der Waals surface area contributed by atoms with Crippen LogP contribution in [-0.2, 0) is 0 Å². The quantitative estimate of drug-likeness (QED) is 0.162. The molecule has 12 atom stereocenters. The van der Waals surface area contributed by atoms with Crippen molar-refractivity contribution < 1.29 is 0 Å². The molecule has 490 valence electrons. The molecule has 0 aromatic carbocycles. The monoisotopic (exact) mass is 1180 g/mol. The molecule has 0 saturated heterocycles. The predicted molar refractivity (Wildman–Crippen MR) is 365 cm³/mol. The van der Waals surface area contributed by atoms with Crippen LogP contribution in [0.5, 0.6) is 0 Å². The third kappa shape index (κ3) is 14.7. The maximum atomic E-state index is 3.37. The van der Waals surface area contributed by atoms with E-state index in [-0.39, 0.29) is 0 Å². The lowest BCUT2D eigenvalue weighted by Gasteiger charge is -2.54. The van der Waals surface area contributed by atoms with E-state index in [1.54, 1.807) is 167 Å². The molecule has 4 nitrogen and oxygen atoms in total. The van der Waals surface area contributed by atoms with E-state index in [0.717, 1.165) is 144 Å². The number of hydrogen-bond acceptors (Lipinski definition) is 4. The van der Waals surface area contributed by atoms with Crippen molar-refractivity contribution in [2.75, 3.05) is 0 Å². The lowest BCUT2D eigenvalue weighted by Crippen LogP contribution is -2.56. The van der Waals surface area contributed by atoms with Gasteiger partial charge in [-0.3, -0.25) is 19.6 Å². The molecule has 0 aromatic heterocycles. The van der Waals surface area contributed by atoms with Gasteiger partial charge in [0, 0.05) is 72.5 Å². The van der Waals surface area contributed by atoms with Crippen molar-refractivity contribution in [3.8, 4) is 0 Å². The Kier molecular flexibility index (Phi) is 22.4. The van der Waals surface area contributed by atoms with Gasteiger partial charge >= 0.3 is 0 Å². The van der Waals surface area contributed by atoms with Gasteiger partial charge in [0.1, 0.15) is 0 Å². The summed E-state index contributed by atoms with van der Waals surface area (Å²) in [4.78, 5) is 13.4. The summed E-state index contributed by atoms with van der Waals surface area (Å²) < 4.78 is 0. The average molecular weight is 1180 g/mol. The van der Waals surface area contributed by atoms with Gasteiger partial charge in [-0.2, -0.15) is 0 Å². The number of fused-ring (bicyclic) bond motifs is 2. The summed E-state index contributed by atoms with van der Waals surface area (Å²) in [6.45, 7) is 5.59. The zero-order valence-electron chi connectivity index (χ0n) is 57.2. The Labute approximate surface area is 533 Å². The molecule has 0 amide bonds. The van der Waals surface area contributed by atoms with Gasteiger partial charge in [0.2, 0.25) is 0 Å². The van der Waals surface area contributed by atoms with E-state index in [9.17, 15) is 0 Å². The van der Waals surface area contributed by atoms with Gasteiger partial charge in [-0.25, -0.2) is 0 Å². The Morgan fingerprint density at radius 3 is 0.640 bits per heavy atom. The average Bonchev–Trinajstić information content (AvgIpc) is 3.46. The normalized spacial score (nSPS) is 44.6. The molecule has 12 unspecified atom stereocenters. The molecule has 14 saturated carbocycles.